The van der Waals surface area contributed by atoms with Gasteiger partial charge in [-0.2, -0.15) is 0 Å². The first-order valence-corrected chi connectivity index (χ1v) is 12.5. The molecule has 7 heteroatoms. The van der Waals surface area contributed by atoms with Crippen LogP contribution in [0.5, 0.6) is 5.75 Å². The number of amides is 1. The van der Waals surface area contributed by atoms with Crippen LogP contribution in [0, 0.1) is 0 Å². The molecule has 0 spiro atoms. The lowest BCUT2D eigenvalue weighted by molar-refractivity contribution is 0.102. The maximum absolute atomic E-state index is 13.5. The van der Waals surface area contributed by atoms with Gasteiger partial charge in [-0.05, 0) is 59.8 Å². The summed E-state index contributed by atoms with van der Waals surface area (Å²) in [5.74, 6) is -0.546. The number of aromatic nitrogens is 1. The Morgan fingerprint density at radius 2 is 1.66 bits per heavy atom. The number of para-hydroxylation sites is 2. The number of aryl methyl sites for hydroxylation is 1. The molecule has 0 bridgehead atoms. The van der Waals surface area contributed by atoms with Crippen LogP contribution in [-0.2, 0) is 6.42 Å². The predicted molar refractivity (Wildman–Crippen MR) is 157 cm³/mol. The largest absolute Gasteiger partial charge is 0.505 e. The summed E-state index contributed by atoms with van der Waals surface area (Å²) in [6.07, 6.45) is 0.775. The number of hydrogen-bond donors (Lipinski definition) is 6. The van der Waals surface area contributed by atoms with Crippen LogP contribution in [-0.4, -0.2) is 16.0 Å². The number of phenols is 1. The van der Waals surface area contributed by atoms with Gasteiger partial charge in [-0.15, -0.1) is 0 Å². The van der Waals surface area contributed by atoms with Crippen molar-refractivity contribution in [2.75, 3.05) is 21.9 Å². The van der Waals surface area contributed by atoms with Crippen LogP contribution in [0.25, 0.3) is 32.6 Å². The fourth-order valence-corrected chi connectivity index (χ4v) is 4.94. The third kappa shape index (κ3) is 4.00. The van der Waals surface area contributed by atoms with Crippen molar-refractivity contribution < 1.29 is 9.90 Å². The van der Waals surface area contributed by atoms with E-state index in [0.717, 1.165) is 55.9 Å². The van der Waals surface area contributed by atoms with E-state index in [9.17, 15) is 9.90 Å². The summed E-state index contributed by atoms with van der Waals surface area (Å²) >= 11 is 0. The summed E-state index contributed by atoms with van der Waals surface area (Å²) in [4.78, 5) is 17.0. The van der Waals surface area contributed by atoms with Gasteiger partial charge >= 0.3 is 0 Å². The molecule has 6 aromatic rings. The van der Waals surface area contributed by atoms with Crippen LogP contribution in [0.4, 0.5) is 22.7 Å². The van der Waals surface area contributed by atoms with Crippen molar-refractivity contribution in [2.24, 2.45) is 0 Å². The number of hydrogen-bond acceptors (Lipinski definition) is 5. The van der Waals surface area contributed by atoms with E-state index in [0.29, 0.717) is 11.4 Å². The number of aromatic hydroxyl groups is 1. The maximum atomic E-state index is 13.5. The molecule has 0 radical (unpaired) electrons. The highest BCUT2D eigenvalue weighted by Gasteiger charge is 2.22. The molecular weight excluding hydrogens is 474 g/mol. The molecule has 1 amide bonds. The van der Waals surface area contributed by atoms with E-state index in [1.165, 1.54) is 0 Å². The zero-order valence-corrected chi connectivity index (χ0v) is 20.8. The van der Waals surface area contributed by atoms with Crippen LogP contribution in [0.2, 0.25) is 0 Å². The van der Waals surface area contributed by atoms with Crippen LogP contribution in [0.3, 0.4) is 0 Å². The molecule has 38 heavy (non-hydrogen) atoms. The van der Waals surface area contributed by atoms with Gasteiger partial charge < -0.3 is 26.6 Å². The molecule has 7 nitrogen and oxygen atoms in total. The van der Waals surface area contributed by atoms with Gasteiger partial charge in [0.2, 0.25) is 0 Å². The monoisotopic (exact) mass is 501 g/mol. The zero-order chi connectivity index (χ0) is 26.2. The molecule has 0 fully saturated rings. The molecule has 0 aliphatic rings. The molecule has 1 aromatic heterocycles. The van der Waals surface area contributed by atoms with Crippen molar-refractivity contribution in [3.8, 4) is 5.75 Å². The minimum absolute atomic E-state index is 0.155. The van der Waals surface area contributed by atoms with Gasteiger partial charge in [-0.1, -0.05) is 55.5 Å². The SMILES string of the molecule is CCc1ccccc1NC(=O)c1cc2ccc3c4ccccc4[nH]c3c2c(NNc2ccc(N)cc2)c1O. The molecule has 1 heterocycles. The lowest BCUT2D eigenvalue weighted by Crippen LogP contribution is -2.15. The van der Waals surface area contributed by atoms with Gasteiger partial charge in [0.15, 0.2) is 5.75 Å². The number of nitrogens with two attached hydrogens (primary N) is 1. The number of nitrogens with one attached hydrogen (secondary N) is 4. The van der Waals surface area contributed by atoms with E-state index < -0.39 is 5.91 Å². The van der Waals surface area contributed by atoms with E-state index in [1.54, 1.807) is 18.2 Å². The fraction of sp³-hybridized carbons (Fsp3) is 0.0645. The summed E-state index contributed by atoms with van der Waals surface area (Å²) in [5, 5.41) is 18.2. The molecule has 188 valence electrons. The number of benzene rings is 5. The van der Waals surface area contributed by atoms with Crippen molar-refractivity contribution in [2.45, 2.75) is 13.3 Å². The minimum atomic E-state index is -0.391. The number of nitrogen functional groups attached to an aromatic ring is 1. The van der Waals surface area contributed by atoms with Crippen LogP contribution in [0.15, 0.2) is 91.0 Å². The van der Waals surface area contributed by atoms with Crippen molar-refractivity contribution in [1.29, 1.82) is 0 Å². The Bertz CT molecular complexity index is 1820. The Morgan fingerprint density at radius 1 is 0.895 bits per heavy atom. The number of aromatic amines is 1. The molecule has 0 unspecified atom stereocenters. The zero-order valence-electron chi connectivity index (χ0n) is 20.8. The van der Waals surface area contributed by atoms with Gasteiger partial charge in [-0.25, -0.2) is 0 Å². The molecular formula is C31H27N5O2. The third-order valence-electron chi connectivity index (χ3n) is 6.89. The lowest BCUT2D eigenvalue weighted by Gasteiger charge is -2.18. The van der Waals surface area contributed by atoms with Gasteiger partial charge in [0, 0.05) is 33.1 Å². The molecule has 0 saturated carbocycles. The van der Waals surface area contributed by atoms with Crippen molar-refractivity contribution in [1.82, 2.24) is 4.98 Å². The molecule has 0 aliphatic carbocycles. The first-order chi connectivity index (χ1) is 18.5. The van der Waals surface area contributed by atoms with Crippen molar-refractivity contribution >= 4 is 61.2 Å². The highest BCUT2D eigenvalue weighted by Crippen LogP contribution is 2.42. The number of rotatable bonds is 6. The Kier molecular flexibility index (Phi) is 5.73. The predicted octanol–water partition coefficient (Wildman–Crippen LogP) is 7.02. The maximum Gasteiger partial charge on any atom is 0.259 e. The Hall–Kier alpha value is -5.17. The third-order valence-corrected chi connectivity index (χ3v) is 6.89. The minimum Gasteiger partial charge on any atom is -0.505 e. The second-order valence-electron chi connectivity index (χ2n) is 9.24. The highest BCUT2D eigenvalue weighted by atomic mass is 16.3. The first kappa shape index (κ1) is 23.2. The Labute approximate surface area is 219 Å². The topological polar surface area (TPSA) is 115 Å². The summed E-state index contributed by atoms with van der Waals surface area (Å²) in [7, 11) is 0. The number of fused-ring (bicyclic) bond motifs is 5. The molecule has 5 aromatic carbocycles. The molecule has 0 aliphatic heterocycles. The standard InChI is InChI=1S/C31H27N5O2/c1-2-18-7-3-5-9-25(18)34-31(38)24-17-19-11-16-23-22-8-4-6-10-26(22)33-28(23)27(19)29(30(24)37)36-35-21-14-12-20(32)13-15-21/h3-17,33,35-37H,2,32H2,1H3,(H,34,38). The summed E-state index contributed by atoms with van der Waals surface area (Å²) < 4.78 is 0. The molecule has 0 saturated heterocycles. The molecule has 6 rings (SSSR count). The molecule has 0 atom stereocenters. The number of phenolic OH excluding ortho intramolecular Hbond substituents is 1. The van der Waals surface area contributed by atoms with Crippen LogP contribution in [0.1, 0.15) is 22.8 Å². The average molecular weight is 502 g/mol. The summed E-state index contributed by atoms with van der Waals surface area (Å²) in [6.45, 7) is 2.04. The molecule has 7 N–H and O–H groups in total. The lowest BCUT2D eigenvalue weighted by atomic mass is 9.99. The van der Waals surface area contributed by atoms with E-state index in [1.807, 2.05) is 73.7 Å². The second kappa shape index (κ2) is 9.37. The van der Waals surface area contributed by atoms with Crippen molar-refractivity contribution in [3.05, 3.63) is 102 Å². The van der Waals surface area contributed by atoms with E-state index >= 15 is 0 Å². The Morgan fingerprint density at radius 3 is 2.47 bits per heavy atom. The smallest absolute Gasteiger partial charge is 0.259 e. The van der Waals surface area contributed by atoms with E-state index in [-0.39, 0.29) is 11.3 Å². The van der Waals surface area contributed by atoms with Gasteiger partial charge in [0.05, 0.1) is 16.8 Å². The first-order valence-electron chi connectivity index (χ1n) is 12.5. The number of carbonyl (C=O) groups excluding carboxylic acids is 1. The average Bonchev–Trinajstić information content (AvgIpc) is 3.32. The van der Waals surface area contributed by atoms with Gasteiger partial charge in [0.1, 0.15) is 5.69 Å². The Balaban J connectivity index is 1.51. The van der Waals surface area contributed by atoms with Crippen LogP contribution < -0.4 is 21.9 Å². The quantitative estimate of drug-likeness (QED) is 0.0834. The van der Waals surface area contributed by atoms with Crippen molar-refractivity contribution in [3.63, 3.8) is 0 Å². The van der Waals surface area contributed by atoms with Gasteiger partial charge in [0.25, 0.3) is 5.91 Å². The number of H-pyrrole nitrogens is 1. The number of anilines is 4. The normalized spacial score (nSPS) is 11.2. The van der Waals surface area contributed by atoms with Crippen LogP contribution >= 0.6 is 0 Å². The number of carbonyl (C=O) groups is 1. The number of hydrazine groups is 1. The highest BCUT2D eigenvalue weighted by molar-refractivity contribution is 6.23. The van der Waals surface area contributed by atoms with E-state index in [4.69, 9.17) is 5.73 Å². The summed E-state index contributed by atoms with van der Waals surface area (Å²) in [5.41, 5.74) is 17.7. The fourth-order valence-electron chi connectivity index (χ4n) is 4.94. The van der Waals surface area contributed by atoms with E-state index in [2.05, 4.69) is 27.2 Å². The van der Waals surface area contributed by atoms with Gasteiger partial charge in [-0.3, -0.25) is 10.2 Å². The second-order valence-corrected chi connectivity index (χ2v) is 9.24. The summed E-state index contributed by atoms with van der Waals surface area (Å²) in [6, 6.07) is 28.7.